The van der Waals surface area contributed by atoms with Crippen molar-refractivity contribution in [3.63, 3.8) is 0 Å². The number of piperidine rings is 1. The molecule has 2 rings (SSSR count). The van der Waals surface area contributed by atoms with E-state index in [1.807, 2.05) is 0 Å². The summed E-state index contributed by atoms with van der Waals surface area (Å²) in [6.07, 6.45) is 2.59. The second kappa shape index (κ2) is 5.30. The highest BCUT2D eigenvalue weighted by Crippen LogP contribution is 2.26. The third-order valence-electron chi connectivity index (χ3n) is 3.64. The minimum absolute atomic E-state index is 0.495. The van der Waals surface area contributed by atoms with E-state index < -0.39 is 0 Å². The zero-order valence-corrected chi connectivity index (χ0v) is 11.1. The first kappa shape index (κ1) is 12.1. The van der Waals surface area contributed by atoms with Gasteiger partial charge in [-0.25, -0.2) is 0 Å². The first-order chi connectivity index (χ1) is 7.70. The Hall–Kier alpha value is -0.380. The van der Waals surface area contributed by atoms with Crippen LogP contribution in [-0.4, -0.2) is 19.6 Å². The van der Waals surface area contributed by atoms with Crippen molar-refractivity contribution in [1.82, 2.24) is 10.6 Å². The molecule has 1 aromatic rings. The Bertz CT molecular complexity index is 326. The number of thiophene rings is 1. The second-order valence-electron chi connectivity index (χ2n) is 5.24. The highest BCUT2D eigenvalue weighted by molar-refractivity contribution is 7.08. The van der Waals surface area contributed by atoms with Crippen molar-refractivity contribution >= 4 is 11.3 Å². The van der Waals surface area contributed by atoms with Gasteiger partial charge in [0.25, 0.3) is 0 Å². The summed E-state index contributed by atoms with van der Waals surface area (Å²) in [6, 6.07) is 0. The maximum Gasteiger partial charge on any atom is 0.0216 e. The van der Waals surface area contributed by atoms with Crippen LogP contribution < -0.4 is 10.6 Å². The smallest absolute Gasteiger partial charge is 0.0216 e. The van der Waals surface area contributed by atoms with Gasteiger partial charge in [-0.05, 0) is 60.2 Å². The highest BCUT2D eigenvalue weighted by atomic mass is 32.1. The zero-order valence-electron chi connectivity index (χ0n) is 10.3. The topological polar surface area (TPSA) is 24.1 Å². The Morgan fingerprint density at radius 3 is 2.75 bits per heavy atom. The van der Waals surface area contributed by atoms with Gasteiger partial charge in [0.2, 0.25) is 0 Å². The maximum atomic E-state index is 3.62. The van der Waals surface area contributed by atoms with Crippen LogP contribution in [0.5, 0.6) is 0 Å². The molecule has 0 aliphatic carbocycles. The van der Waals surface area contributed by atoms with Gasteiger partial charge in [-0.3, -0.25) is 0 Å². The van der Waals surface area contributed by atoms with Crippen molar-refractivity contribution in [2.24, 2.45) is 5.41 Å². The van der Waals surface area contributed by atoms with Crippen molar-refractivity contribution in [3.8, 4) is 0 Å². The van der Waals surface area contributed by atoms with Crippen LogP contribution in [0.2, 0.25) is 0 Å². The van der Waals surface area contributed by atoms with Crippen LogP contribution in [0, 0.1) is 12.3 Å². The molecule has 0 aromatic carbocycles. The lowest BCUT2D eigenvalue weighted by molar-refractivity contribution is 0.220. The molecule has 2 nitrogen and oxygen atoms in total. The zero-order chi connectivity index (χ0) is 11.4. The molecule has 0 amide bonds. The summed E-state index contributed by atoms with van der Waals surface area (Å²) in [6.45, 7) is 9.12. The van der Waals surface area contributed by atoms with Crippen molar-refractivity contribution in [2.75, 3.05) is 19.6 Å². The van der Waals surface area contributed by atoms with E-state index in [4.69, 9.17) is 0 Å². The Balaban J connectivity index is 1.77. The van der Waals surface area contributed by atoms with Crippen molar-refractivity contribution in [2.45, 2.75) is 33.2 Å². The van der Waals surface area contributed by atoms with E-state index in [0.717, 1.165) is 13.1 Å². The van der Waals surface area contributed by atoms with E-state index >= 15 is 0 Å². The van der Waals surface area contributed by atoms with Crippen LogP contribution >= 0.6 is 11.3 Å². The second-order valence-corrected chi connectivity index (χ2v) is 5.99. The number of nitrogens with one attached hydrogen (secondary N) is 2. The minimum Gasteiger partial charge on any atom is -0.317 e. The maximum absolute atomic E-state index is 3.62. The molecule has 0 atom stereocenters. The summed E-state index contributed by atoms with van der Waals surface area (Å²) < 4.78 is 0. The van der Waals surface area contributed by atoms with Crippen LogP contribution in [0.4, 0.5) is 0 Å². The van der Waals surface area contributed by atoms with Crippen LogP contribution in [0.15, 0.2) is 10.8 Å². The summed E-state index contributed by atoms with van der Waals surface area (Å²) in [7, 11) is 0. The van der Waals surface area contributed by atoms with Gasteiger partial charge in [0, 0.05) is 13.1 Å². The quantitative estimate of drug-likeness (QED) is 0.842. The molecule has 0 unspecified atom stereocenters. The van der Waals surface area contributed by atoms with E-state index in [-0.39, 0.29) is 0 Å². The largest absolute Gasteiger partial charge is 0.317 e. The molecule has 1 aliphatic rings. The van der Waals surface area contributed by atoms with E-state index in [0.29, 0.717) is 5.41 Å². The highest BCUT2D eigenvalue weighted by Gasteiger charge is 2.25. The molecule has 0 radical (unpaired) electrons. The first-order valence-electron chi connectivity index (χ1n) is 6.13. The molecule has 0 saturated carbocycles. The fourth-order valence-electron chi connectivity index (χ4n) is 2.27. The molecule has 0 bridgehead atoms. The molecule has 1 fully saturated rings. The first-order valence-corrected chi connectivity index (χ1v) is 7.07. The Labute approximate surface area is 102 Å². The predicted molar refractivity (Wildman–Crippen MR) is 71.0 cm³/mol. The van der Waals surface area contributed by atoms with Crippen molar-refractivity contribution < 1.29 is 0 Å². The summed E-state index contributed by atoms with van der Waals surface area (Å²) >= 11 is 1.80. The fourth-order valence-corrected chi connectivity index (χ4v) is 3.13. The lowest BCUT2D eigenvalue weighted by Gasteiger charge is -2.34. The van der Waals surface area contributed by atoms with Gasteiger partial charge < -0.3 is 10.6 Å². The van der Waals surface area contributed by atoms with Crippen LogP contribution in [0.25, 0.3) is 0 Å². The summed E-state index contributed by atoms with van der Waals surface area (Å²) in [5.74, 6) is 0. The Morgan fingerprint density at radius 2 is 2.12 bits per heavy atom. The monoisotopic (exact) mass is 238 g/mol. The molecule has 3 heteroatoms. The Kier molecular flexibility index (Phi) is 4.00. The molecular weight excluding hydrogens is 216 g/mol. The summed E-state index contributed by atoms with van der Waals surface area (Å²) in [4.78, 5) is 0. The van der Waals surface area contributed by atoms with E-state index in [9.17, 15) is 0 Å². The fraction of sp³-hybridized carbons (Fsp3) is 0.692. The van der Waals surface area contributed by atoms with Gasteiger partial charge >= 0.3 is 0 Å². The van der Waals surface area contributed by atoms with E-state index in [1.54, 1.807) is 11.3 Å². The third-order valence-corrected chi connectivity index (χ3v) is 4.55. The minimum atomic E-state index is 0.495. The van der Waals surface area contributed by atoms with Gasteiger partial charge in [0.05, 0.1) is 0 Å². The summed E-state index contributed by atoms with van der Waals surface area (Å²) in [5, 5.41) is 11.5. The van der Waals surface area contributed by atoms with Crippen molar-refractivity contribution in [1.29, 1.82) is 0 Å². The number of rotatable bonds is 4. The molecule has 1 aliphatic heterocycles. The molecule has 2 N–H and O–H groups in total. The molecule has 0 spiro atoms. The van der Waals surface area contributed by atoms with Crippen LogP contribution in [0.1, 0.15) is 30.9 Å². The molecule has 2 heterocycles. The van der Waals surface area contributed by atoms with E-state index in [1.165, 1.54) is 37.1 Å². The number of aryl methyl sites for hydroxylation is 1. The molecule has 1 aromatic heterocycles. The molecular formula is C13H22N2S. The van der Waals surface area contributed by atoms with Crippen LogP contribution in [-0.2, 0) is 6.54 Å². The Morgan fingerprint density at radius 1 is 1.38 bits per heavy atom. The molecule has 90 valence electrons. The molecule has 16 heavy (non-hydrogen) atoms. The summed E-state index contributed by atoms with van der Waals surface area (Å²) in [5.41, 5.74) is 3.38. The standard InChI is InChI=1S/C13H22N2S/c1-11-8-16-9-12(11)7-15-10-13(2)3-5-14-6-4-13/h8-9,14-15H,3-7,10H2,1-2H3. The predicted octanol–water partition coefficient (Wildman–Crippen LogP) is 2.54. The lowest BCUT2D eigenvalue weighted by Crippen LogP contribution is -2.41. The number of hydrogen-bond acceptors (Lipinski definition) is 3. The van der Waals surface area contributed by atoms with E-state index in [2.05, 4.69) is 35.2 Å². The molecule has 1 saturated heterocycles. The van der Waals surface area contributed by atoms with Gasteiger partial charge in [-0.15, -0.1) is 0 Å². The SMILES string of the molecule is Cc1cscc1CNCC1(C)CCNCC1. The average molecular weight is 238 g/mol. The van der Waals surface area contributed by atoms with Crippen molar-refractivity contribution in [3.05, 3.63) is 21.9 Å². The lowest BCUT2D eigenvalue weighted by atomic mass is 9.81. The normalized spacial score (nSPS) is 19.9. The number of hydrogen-bond donors (Lipinski definition) is 2. The van der Waals surface area contributed by atoms with Gasteiger partial charge in [0.15, 0.2) is 0 Å². The van der Waals surface area contributed by atoms with Gasteiger partial charge in [-0.2, -0.15) is 11.3 Å². The average Bonchev–Trinajstić information content (AvgIpc) is 2.65. The third kappa shape index (κ3) is 3.06. The van der Waals surface area contributed by atoms with Gasteiger partial charge in [-0.1, -0.05) is 6.92 Å². The van der Waals surface area contributed by atoms with Crippen LogP contribution in [0.3, 0.4) is 0 Å². The van der Waals surface area contributed by atoms with Gasteiger partial charge in [0.1, 0.15) is 0 Å².